The first-order valence-corrected chi connectivity index (χ1v) is 6.86. The van der Waals surface area contributed by atoms with E-state index in [0.29, 0.717) is 23.5 Å². The van der Waals surface area contributed by atoms with Crippen molar-refractivity contribution in [1.82, 2.24) is 0 Å². The minimum atomic E-state index is -0.955. The van der Waals surface area contributed by atoms with Crippen molar-refractivity contribution in [2.45, 2.75) is 39.2 Å². The molecule has 0 aliphatic rings. The Balaban J connectivity index is 2.99. The zero-order chi connectivity index (χ0) is 16.0. The van der Waals surface area contributed by atoms with Crippen molar-refractivity contribution < 1.29 is 14.3 Å². The zero-order valence-electron chi connectivity index (χ0n) is 12.9. The number of ether oxygens (including phenoxy) is 1. The molecule has 6 heteroatoms. The molecule has 0 aliphatic carbocycles. The maximum atomic E-state index is 12.2. The van der Waals surface area contributed by atoms with Crippen molar-refractivity contribution in [2.75, 3.05) is 17.7 Å². The minimum Gasteiger partial charge on any atom is -0.495 e. The van der Waals surface area contributed by atoms with Gasteiger partial charge in [-0.2, -0.15) is 0 Å². The number of carbonyl (C=O) groups excluding carboxylic acids is 2. The van der Waals surface area contributed by atoms with Gasteiger partial charge in [-0.05, 0) is 31.5 Å². The largest absolute Gasteiger partial charge is 0.495 e. The van der Waals surface area contributed by atoms with Gasteiger partial charge >= 0.3 is 0 Å². The molecular formula is C15H23N3O3. The molecule has 116 valence electrons. The van der Waals surface area contributed by atoms with Gasteiger partial charge in [0.15, 0.2) is 0 Å². The normalized spacial score (nSPS) is 13.2. The molecule has 0 saturated carbocycles. The van der Waals surface area contributed by atoms with Crippen molar-refractivity contribution in [3.8, 4) is 5.75 Å². The smallest absolute Gasteiger partial charge is 0.244 e. The van der Waals surface area contributed by atoms with E-state index in [1.54, 1.807) is 25.1 Å². The molecule has 0 aliphatic heterocycles. The predicted molar refractivity (Wildman–Crippen MR) is 83.4 cm³/mol. The summed E-state index contributed by atoms with van der Waals surface area (Å²) < 4.78 is 5.21. The highest BCUT2D eigenvalue weighted by Crippen LogP contribution is 2.28. The molecule has 1 atom stereocenters. The SMILES string of the molecule is CCCC(C)(N)C(=O)Nc1cc(NC(C)=O)ccc1OC. The summed E-state index contributed by atoms with van der Waals surface area (Å²) in [7, 11) is 1.51. The van der Waals surface area contributed by atoms with Crippen LogP contribution in [0.15, 0.2) is 18.2 Å². The van der Waals surface area contributed by atoms with E-state index in [1.807, 2.05) is 6.92 Å². The molecule has 21 heavy (non-hydrogen) atoms. The van der Waals surface area contributed by atoms with E-state index in [9.17, 15) is 9.59 Å². The molecule has 0 fully saturated rings. The summed E-state index contributed by atoms with van der Waals surface area (Å²) in [5.74, 6) is 0.0273. The lowest BCUT2D eigenvalue weighted by molar-refractivity contribution is -0.120. The summed E-state index contributed by atoms with van der Waals surface area (Å²) in [4.78, 5) is 23.3. The molecule has 4 N–H and O–H groups in total. The predicted octanol–water partition coefficient (Wildman–Crippen LogP) is 2.11. The van der Waals surface area contributed by atoms with Crippen molar-refractivity contribution in [3.63, 3.8) is 0 Å². The van der Waals surface area contributed by atoms with Gasteiger partial charge in [0.2, 0.25) is 11.8 Å². The molecule has 0 saturated heterocycles. The molecule has 0 bridgehead atoms. The molecule has 0 heterocycles. The highest BCUT2D eigenvalue weighted by molar-refractivity contribution is 5.99. The van der Waals surface area contributed by atoms with Gasteiger partial charge < -0.3 is 21.1 Å². The van der Waals surface area contributed by atoms with Gasteiger partial charge in [0.25, 0.3) is 0 Å². The van der Waals surface area contributed by atoms with Crippen LogP contribution in [-0.4, -0.2) is 24.5 Å². The molecule has 1 unspecified atom stereocenters. The molecule has 0 radical (unpaired) electrons. The van der Waals surface area contributed by atoms with Crippen LogP contribution < -0.4 is 21.1 Å². The van der Waals surface area contributed by atoms with E-state index in [4.69, 9.17) is 10.5 Å². The van der Waals surface area contributed by atoms with Crippen LogP contribution in [0.5, 0.6) is 5.75 Å². The summed E-state index contributed by atoms with van der Waals surface area (Å²) >= 11 is 0. The Morgan fingerprint density at radius 1 is 1.33 bits per heavy atom. The minimum absolute atomic E-state index is 0.188. The molecule has 0 spiro atoms. The van der Waals surface area contributed by atoms with Gasteiger partial charge in [-0.15, -0.1) is 0 Å². The third-order valence-electron chi connectivity index (χ3n) is 3.06. The third kappa shape index (κ3) is 4.75. The fourth-order valence-electron chi connectivity index (χ4n) is 1.98. The number of anilines is 2. The van der Waals surface area contributed by atoms with Crippen LogP contribution in [0.1, 0.15) is 33.6 Å². The average Bonchev–Trinajstić information content (AvgIpc) is 2.38. The molecule has 6 nitrogen and oxygen atoms in total. The number of benzene rings is 1. The number of nitrogens with one attached hydrogen (secondary N) is 2. The molecule has 1 aromatic carbocycles. The van der Waals surface area contributed by atoms with Crippen LogP contribution in [-0.2, 0) is 9.59 Å². The van der Waals surface area contributed by atoms with Crippen LogP contribution in [0.2, 0.25) is 0 Å². The average molecular weight is 293 g/mol. The summed E-state index contributed by atoms with van der Waals surface area (Å²) in [6.07, 6.45) is 1.38. The van der Waals surface area contributed by atoms with Gasteiger partial charge in [0.05, 0.1) is 18.3 Å². The van der Waals surface area contributed by atoms with Gasteiger partial charge in [-0.25, -0.2) is 0 Å². The van der Waals surface area contributed by atoms with Crippen molar-refractivity contribution in [1.29, 1.82) is 0 Å². The van der Waals surface area contributed by atoms with Crippen LogP contribution in [0.25, 0.3) is 0 Å². The molecular weight excluding hydrogens is 270 g/mol. The van der Waals surface area contributed by atoms with E-state index >= 15 is 0 Å². The lowest BCUT2D eigenvalue weighted by Gasteiger charge is -2.23. The fourth-order valence-corrected chi connectivity index (χ4v) is 1.98. The van der Waals surface area contributed by atoms with Gasteiger partial charge in [0.1, 0.15) is 5.75 Å². The van der Waals surface area contributed by atoms with Crippen molar-refractivity contribution in [3.05, 3.63) is 18.2 Å². The number of nitrogens with two attached hydrogens (primary N) is 1. The van der Waals surface area contributed by atoms with Gasteiger partial charge in [-0.1, -0.05) is 13.3 Å². The molecule has 1 rings (SSSR count). The number of amides is 2. The standard InChI is InChI=1S/C15H23N3O3/c1-5-8-15(3,16)14(20)18-12-9-11(17-10(2)19)6-7-13(12)21-4/h6-7,9H,5,8,16H2,1-4H3,(H,17,19)(H,18,20). The first kappa shape index (κ1) is 17.0. The fraction of sp³-hybridized carbons (Fsp3) is 0.467. The summed E-state index contributed by atoms with van der Waals surface area (Å²) in [5, 5.41) is 5.42. The van der Waals surface area contributed by atoms with Crippen molar-refractivity contribution >= 4 is 23.2 Å². The van der Waals surface area contributed by atoms with E-state index in [2.05, 4.69) is 10.6 Å². The van der Waals surface area contributed by atoms with Crippen LogP contribution in [0, 0.1) is 0 Å². The number of rotatable bonds is 6. The Morgan fingerprint density at radius 3 is 2.52 bits per heavy atom. The lowest BCUT2D eigenvalue weighted by atomic mass is 9.96. The Bertz CT molecular complexity index is 527. The quantitative estimate of drug-likeness (QED) is 0.749. The number of hydrogen-bond donors (Lipinski definition) is 3. The first-order chi connectivity index (χ1) is 9.80. The number of methoxy groups -OCH3 is 1. The molecule has 1 aromatic rings. The zero-order valence-corrected chi connectivity index (χ0v) is 12.9. The second-order valence-corrected chi connectivity index (χ2v) is 5.22. The van der Waals surface area contributed by atoms with Crippen molar-refractivity contribution in [2.24, 2.45) is 5.73 Å². The second-order valence-electron chi connectivity index (χ2n) is 5.22. The monoisotopic (exact) mass is 293 g/mol. The summed E-state index contributed by atoms with van der Waals surface area (Å²) in [5.41, 5.74) is 6.10. The number of carbonyl (C=O) groups is 2. The maximum absolute atomic E-state index is 12.2. The van der Waals surface area contributed by atoms with E-state index in [1.165, 1.54) is 14.0 Å². The summed E-state index contributed by atoms with van der Waals surface area (Å²) in [6.45, 7) is 5.08. The lowest BCUT2D eigenvalue weighted by Crippen LogP contribution is -2.48. The summed E-state index contributed by atoms with van der Waals surface area (Å²) in [6, 6.07) is 5.01. The third-order valence-corrected chi connectivity index (χ3v) is 3.06. The van der Waals surface area contributed by atoms with Gasteiger partial charge in [-0.3, -0.25) is 9.59 Å². The van der Waals surface area contributed by atoms with Crippen LogP contribution in [0.4, 0.5) is 11.4 Å². The Labute approximate surface area is 125 Å². The van der Waals surface area contributed by atoms with E-state index < -0.39 is 5.54 Å². The Morgan fingerprint density at radius 2 is 2.00 bits per heavy atom. The van der Waals surface area contributed by atoms with E-state index in [-0.39, 0.29) is 11.8 Å². The molecule has 2 amide bonds. The topological polar surface area (TPSA) is 93.5 Å². The Hall–Kier alpha value is -2.08. The van der Waals surface area contributed by atoms with Gasteiger partial charge in [0, 0.05) is 12.6 Å². The van der Waals surface area contributed by atoms with Crippen LogP contribution >= 0.6 is 0 Å². The maximum Gasteiger partial charge on any atom is 0.244 e. The van der Waals surface area contributed by atoms with E-state index in [0.717, 1.165) is 6.42 Å². The number of hydrogen-bond acceptors (Lipinski definition) is 4. The van der Waals surface area contributed by atoms with Crippen LogP contribution in [0.3, 0.4) is 0 Å². The highest BCUT2D eigenvalue weighted by atomic mass is 16.5. The second kappa shape index (κ2) is 7.08. The first-order valence-electron chi connectivity index (χ1n) is 6.86. The highest BCUT2D eigenvalue weighted by Gasteiger charge is 2.27. The Kier molecular flexibility index (Phi) is 5.72. The molecule has 0 aromatic heterocycles.